The molecule has 2 aliphatic rings. The maximum atomic E-state index is 12.6. The zero-order chi connectivity index (χ0) is 17.3. The maximum absolute atomic E-state index is 12.6. The fourth-order valence-corrected chi connectivity index (χ4v) is 3.50. The minimum atomic E-state index is -0.477. The molecule has 0 radical (unpaired) electrons. The number of carbonyl (C=O) groups is 1. The van der Waals surface area contributed by atoms with Crippen LogP contribution in [0, 0.1) is 0 Å². The third kappa shape index (κ3) is 3.58. The summed E-state index contributed by atoms with van der Waals surface area (Å²) in [6, 6.07) is 8.50. The lowest BCUT2D eigenvalue weighted by Crippen LogP contribution is -2.46. The van der Waals surface area contributed by atoms with Gasteiger partial charge in [0.15, 0.2) is 0 Å². The third-order valence-electron chi connectivity index (χ3n) is 4.73. The van der Waals surface area contributed by atoms with Crippen LogP contribution in [0.1, 0.15) is 44.7 Å². The number of likely N-dealkylation sites (N-methyl/N-ethyl adjacent to an activating group) is 1. The van der Waals surface area contributed by atoms with Gasteiger partial charge >= 0.3 is 6.09 Å². The Bertz CT molecular complexity index is 639. The molecule has 4 nitrogen and oxygen atoms in total. The van der Waals surface area contributed by atoms with Gasteiger partial charge in [0.25, 0.3) is 0 Å². The first-order valence-electron chi connectivity index (χ1n) is 8.85. The van der Waals surface area contributed by atoms with E-state index in [1.807, 2.05) is 27.8 Å². The minimum Gasteiger partial charge on any atom is -0.444 e. The Morgan fingerprint density at radius 1 is 1.21 bits per heavy atom. The Hall–Kier alpha value is -1.97. The van der Waals surface area contributed by atoms with Crippen molar-refractivity contribution in [1.29, 1.82) is 0 Å². The molecule has 1 fully saturated rings. The molecule has 3 rings (SSSR count). The van der Waals surface area contributed by atoms with Crippen LogP contribution in [-0.2, 0) is 11.2 Å². The Kier molecular flexibility index (Phi) is 4.57. The minimum absolute atomic E-state index is 0.0350. The monoisotopic (exact) mass is 328 g/mol. The number of benzene rings is 1. The average Bonchev–Trinajstić information content (AvgIpc) is 3.05. The molecule has 4 heteroatoms. The first kappa shape index (κ1) is 16.9. The summed E-state index contributed by atoms with van der Waals surface area (Å²) >= 11 is 0. The van der Waals surface area contributed by atoms with Crippen LogP contribution in [0.5, 0.6) is 0 Å². The first-order chi connectivity index (χ1) is 11.3. The highest BCUT2D eigenvalue weighted by Gasteiger charge is 2.33. The van der Waals surface area contributed by atoms with E-state index in [2.05, 4.69) is 35.2 Å². The second-order valence-corrected chi connectivity index (χ2v) is 7.77. The number of nitrogens with zero attached hydrogens (tertiary/aromatic N) is 2. The van der Waals surface area contributed by atoms with Gasteiger partial charge in [0.1, 0.15) is 5.60 Å². The molecule has 1 atom stereocenters. The zero-order valence-electron chi connectivity index (χ0n) is 15.2. The highest BCUT2D eigenvalue weighted by Crippen LogP contribution is 2.31. The molecular weight excluding hydrogens is 300 g/mol. The molecule has 0 saturated carbocycles. The number of fused-ring (bicyclic) bond motifs is 1. The summed E-state index contributed by atoms with van der Waals surface area (Å²) in [4.78, 5) is 16.8. The Labute approximate surface area is 145 Å². The summed E-state index contributed by atoms with van der Waals surface area (Å²) in [6.07, 6.45) is 5.30. The van der Waals surface area contributed by atoms with E-state index in [1.165, 1.54) is 29.7 Å². The molecule has 0 spiro atoms. The fraction of sp³-hybridized carbons (Fsp3) is 0.550. The van der Waals surface area contributed by atoms with Gasteiger partial charge in [-0.1, -0.05) is 24.3 Å². The quantitative estimate of drug-likeness (QED) is 0.825. The predicted octanol–water partition coefficient (Wildman–Crippen LogP) is 3.91. The van der Waals surface area contributed by atoms with Crippen molar-refractivity contribution in [2.75, 3.05) is 20.1 Å². The number of ether oxygens (including phenoxy) is 1. The van der Waals surface area contributed by atoms with Crippen molar-refractivity contribution < 1.29 is 9.53 Å². The highest BCUT2D eigenvalue weighted by atomic mass is 16.6. The van der Waals surface area contributed by atoms with Gasteiger partial charge in [0, 0.05) is 25.8 Å². The third-order valence-corrected chi connectivity index (χ3v) is 4.73. The van der Waals surface area contributed by atoms with Crippen LogP contribution in [0.15, 0.2) is 30.0 Å². The lowest BCUT2D eigenvalue weighted by molar-refractivity contribution is 0.0230. The van der Waals surface area contributed by atoms with Crippen LogP contribution in [0.3, 0.4) is 0 Å². The SMILES string of the molecule is CN(C(=O)OC(C)(C)C)C1Cc2ccccc2C=C1N1CCCC1. The van der Waals surface area contributed by atoms with Crippen molar-refractivity contribution in [3.63, 3.8) is 0 Å². The Morgan fingerprint density at radius 3 is 2.54 bits per heavy atom. The number of hydrogen-bond donors (Lipinski definition) is 0. The maximum Gasteiger partial charge on any atom is 0.410 e. The van der Waals surface area contributed by atoms with Crippen LogP contribution < -0.4 is 0 Å². The van der Waals surface area contributed by atoms with Gasteiger partial charge in [-0.2, -0.15) is 0 Å². The van der Waals surface area contributed by atoms with Gasteiger partial charge in [-0.15, -0.1) is 0 Å². The first-order valence-corrected chi connectivity index (χ1v) is 8.85. The van der Waals surface area contributed by atoms with E-state index in [-0.39, 0.29) is 12.1 Å². The van der Waals surface area contributed by atoms with E-state index in [4.69, 9.17) is 4.74 Å². The van der Waals surface area contributed by atoms with Crippen LogP contribution >= 0.6 is 0 Å². The Morgan fingerprint density at radius 2 is 1.88 bits per heavy atom. The van der Waals surface area contributed by atoms with E-state index >= 15 is 0 Å². The normalized spacial score (nSPS) is 20.4. The molecule has 1 saturated heterocycles. The van der Waals surface area contributed by atoms with Crippen LogP contribution in [0.25, 0.3) is 6.08 Å². The van der Waals surface area contributed by atoms with E-state index in [0.717, 1.165) is 19.5 Å². The summed E-state index contributed by atoms with van der Waals surface area (Å²) < 4.78 is 5.59. The molecule has 0 N–H and O–H groups in total. The molecule has 0 bridgehead atoms. The molecule has 1 amide bonds. The summed E-state index contributed by atoms with van der Waals surface area (Å²) in [5.74, 6) is 0. The molecular formula is C20H28N2O2. The molecule has 1 aliphatic heterocycles. The van der Waals surface area contributed by atoms with Gasteiger partial charge in [0.2, 0.25) is 0 Å². The van der Waals surface area contributed by atoms with E-state index in [1.54, 1.807) is 4.90 Å². The smallest absolute Gasteiger partial charge is 0.410 e. The van der Waals surface area contributed by atoms with Crippen molar-refractivity contribution in [3.05, 3.63) is 41.1 Å². The van der Waals surface area contributed by atoms with Crippen LogP contribution in [-0.4, -0.2) is 47.7 Å². The summed E-state index contributed by atoms with van der Waals surface area (Å²) in [5, 5.41) is 0. The fourth-order valence-electron chi connectivity index (χ4n) is 3.50. The summed E-state index contributed by atoms with van der Waals surface area (Å²) in [7, 11) is 1.86. The van der Waals surface area contributed by atoms with Crippen molar-refractivity contribution in [2.45, 2.75) is 51.7 Å². The van der Waals surface area contributed by atoms with Gasteiger partial charge in [0.05, 0.1) is 6.04 Å². The Balaban J connectivity index is 1.89. The molecule has 0 aromatic heterocycles. The lowest BCUT2D eigenvalue weighted by Gasteiger charge is -2.38. The topological polar surface area (TPSA) is 32.8 Å². The molecule has 24 heavy (non-hydrogen) atoms. The van der Waals surface area contributed by atoms with E-state index < -0.39 is 5.60 Å². The van der Waals surface area contributed by atoms with E-state index in [0.29, 0.717) is 0 Å². The summed E-state index contributed by atoms with van der Waals surface area (Å²) in [5.41, 5.74) is 3.34. The van der Waals surface area contributed by atoms with Crippen LogP contribution in [0.2, 0.25) is 0 Å². The molecule has 1 aliphatic carbocycles. The zero-order valence-corrected chi connectivity index (χ0v) is 15.2. The lowest BCUT2D eigenvalue weighted by atomic mass is 9.90. The van der Waals surface area contributed by atoms with Crippen molar-refractivity contribution in [2.24, 2.45) is 0 Å². The van der Waals surface area contributed by atoms with Gasteiger partial charge in [-0.05, 0) is 57.2 Å². The molecule has 1 aromatic carbocycles. The summed E-state index contributed by atoms with van der Waals surface area (Å²) in [6.45, 7) is 7.88. The number of hydrogen-bond acceptors (Lipinski definition) is 3. The number of carbonyl (C=O) groups excluding carboxylic acids is 1. The molecule has 1 unspecified atom stereocenters. The second kappa shape index (κ2) is 6.50. The molecule has 1 aromatic rings. The number of rotatable bonds is 2. The largest absolute Gasteiger partial charge is 0.444 e. The van der Waals surface area contributed by atoms with E-state index in [9.17, 15) is 4.79 Å². The highest BCUT2D eigenvalue weighted by molar-refractivity contribution is 5.71. The standard InChI is InChI=1S/C20H28N2O2/c1-20(2,3)24-19(23)21(4)17-13-15-9-5-6-10-16(15)14-18(17)22-11-7-8-12-22/h5-6,9-10,14,17H,7-8,11-13H2,1-4H3. The van der Waals surface area contributed by atoms with Gasteiger partial charge in [-0.25, -0.2) is 4.79 Å². The molecule has 1 heterocycles. The van der Waals surface area contributed by atoms with Gasteiger partial charge in [-0.3, -0.25) is 0 Å². The molecule has 130 valence electrons. The predicted molar refractivity (Wildman–Crippen MR) is 96.7 cm³/mol. The number of amides is 1. The van der Waals surface area contributed by atoms with Gasteiger partial charge < -0.3 is 14.5 Å². The van der Waals surface area contributed by atoms with Crippen molar-refractivity contribution >= 4 is 12.2 Å². The van der Waals surface area contributed by atoms with Crippen LogP contribution in [0.4, 0.5) is 4.79 Å². The van der Waals surface area contributed by atoms with Crippen molar-refractivity contribution in [1.82, 2.24) is 9.80 Å². The number of likely N-dealkylation sites (tertiary alicyclic amines) is 1. The second-order valence-electron chi connectivity index (χ2n) is 7.77. The van der Waals surface area contributed by atoms with Crippen molar-refractivity contribution in [3.8, 4) is 0 Å². The average molecular weight is 328 g/mol.